The number of amides is 1. The molecule has 0 spiro atoms. The van der Waals surface area contributed by atoms with Crippen LogP contribution in [0.15, 0.2) is 36.4 Å². The van der Waals surface area contributed by atoms with Crippen molar-refractivity contribution in [1.82, 2.24) is 5.32 Å². The molecule has 4 nitrogen and oxygen atoms in total. The highest BCUT2D eigenvalue weighted by Gasteiger charge is 2.27. The molecule has 0 aromatic heterocycles. The lowest BCUT2D eigenvalue weighted by Gasteiger charge is -2.27. The SMILES string of the molecule is CC(C)(C)c1ccc(NC(=O)[C@@H]2NCCc3cc(OC(F)F)ccc32)cc1F. The van der Waals surface area contributed by atoms with Gasteiger partial charge in [0.15, 0.2) is 0 Å². The number of ether oxygens (including phenoxy) is 1. The van der Waals surface area contributed by atoms with Crippen molar-refractivity contribution in [3.63, 3.8) is 0 Å². The first-order valence-electron chi connectivity index (χ1n) is 9.07. The molecule has 7 heteroatoms. The van der Waals surface area contributed by atoms with Gasteiger partial charge in [-0.3, -0.25) is 4.79 Å². The highest BCUT2D eigenvalue weighted by atomic mass is 19.3. The van der Waals surface area contributed by atoms with Crippen LogP contribution < -0.4 is 15.4 Å². The van der Waals surface area contributed by atoms with Crippen LogP contribution in [0.25, 0.3) is 0 Å². The zero-order valence-corrected chi connectivity index (χ0v) is 16.0. The van der Waals surface area contributed by atoms with E-state index in [0.29, 0.717) is 29.8 Å². The Morgan fingerprint density at radius 2 is 1.96 bits per heavy atom. The Balaban J connectivity index is 1.78. The average molecular weight is 392 g/mol. The normalized spacial score (nSPS) is 16.6. The van der Waals surface area contributed by atoms with Crippen molar-refractivity contribution >= 4 is 11.6 Å². The summed E-state index contributed by atoms with van der Waals surface area (Å²) in [4.78, 5) is 12.7. The topological polar surface area (TPSA) is 50.4 Å². The van der Waals surface area contributed by atoms with Crippen LogP contribution in [0.3, 0.4) is 0 Å². The Labute approximate surface area is 162 Å². The van der Waals surface area contributed by atoms with Crippen molar-refractivity contribution in [2.45, 2.75) is 45.3 Å². The van der Waals surface area contributed by atoms with E-state index < -0.39 is 12.7 Å². The summed E-state index contributed by atoms with van der Waals surface area (Å²) in [6.45, 7) is 3.36. The molecule has 1 aliphatic rings. The molecule has 1 atom stereocenters. The first-order chi connectivity index (χ1) is 13.1. The third kappa shape index (κ3) is 4.47. The van der Waals surface area contributed by atoms with Crippen molar-refractivity contribution in [2.24, 2.45) is 0 Å². The van der Waals surface area contributed by atoms with Crippen LogP contribution in [0.5, 0.6) is 5.75 Å². The van der Waals surface area contributed by atoms with Gasteiger partial charge in [-0.25, -0.2) is 4.39 Å². The summed E-state index contributed by atoms with van der Waals surface area (Å²) in [7, 11) is 0. The minimum Gasteiger partial charge on any atom is -0.435 e. The molecule has 0 fully saturated rings. The number of rotatable bonds is 4. The zero-order chi connectivity index (χ0) is 20.5. The Bertz CT molecular complexity index is 878. The number of alkyl halides is 2. The Morgan fingerprint density at radius 1 is 1.21 bits per heavy atom. The zero-order valence-electron chi connectivity index (χ0n) is 16.0. The molecule has 0 aliphatic carbocycles. The molecule has 2 N–H and O–H groups in total. The van der Waals surface area contributed by atoms with Crippen molar-refractivity contribution < 1.29 is 22.7 Å². The number of carbonyl (C=O) groups excluding carboxylic acids is 1. The number of carbonyl (C=O) groups is 1. The summed E-state index contributed by atoms with van der Waals surface area (Å²) in [6, 6.07) is 8.53. The highest BCUT2D eigenvalue weighted by Crippen LogP contribution is 2.30. The standard InChI is InChI=1S/C21H23F3N2O2/c1-21(2,3)16-7-4-13(11-17(16)22)26-19(27)18-15-6-5-14(28-20(23)24)10-12(15)8-9-25-18/h4-7,10-11,18,20,25H,8-9H2,1-3H3,(H,26,27)/t18-/m1/s1. The lowest BCUT2D eigenvalue weighted by molar-refractivity contribution is -0.118. The molecule has 0 bridgehead atoms. The molecule has 2 aromatic carbocycles. The molecule has 3 rings (SSSR count). The third-order valence-corrected chi connectivity index (χ3v) is 4.70. The summed E-state index contributed by atoms with van der Waals surface area (Å²) in [6.07, 6.45) is 0.592. The maximum absolute atomic E-state index is 14.4. The fourth-order valence-corrected chi connectivity index (χ4v) is 3.37. The van der Waals surface area contributed by atoms with Gasteiger partial charge < -0.3 is 15.4 Å². The van der Waals surface area contributed by atoms with Crippen LogP contribution in [0.4, 0.5) is 18.9 Å². The molecular formula is C21H23F3N2O2. The summed E-state index contributed by atoms with van der Waals surface area (Å²) < 4.78 is 43.6. The number of anilines is 1. The largest absolute Gasteiger partial charge is 0.435 e. The van der Waals surface area contributed by atoms with Gasteiger partial charge in [0.1, 0.15) is 17.6 Å². The molecule has 0 saturated heterocycles. The van der Waals surface area contributed by atoms with Crippen molar-refractivity contribution in [3.05, 3.63) is 58.9 Å². The monoisotopic (exact) mass is 392 g/mol. The summed E-state index contributed by atoms with van der Waals surface area (Å²) in [5.41, 5.74) is 2.05. The lowest BCUT2D eigenvalue weighted by Crippen LogP contribution is -2.38. The lowest BCUT2D eigenvalue weighted by atomic mass is 9.86. The van der Waals surface area contributed by atoms with Crippen LogP contribution in [0, 0.1) is 5.82 Å². The van der Waals surface area contributed by atoms with Crippen molar-refractivity contribution in [1.29, 1.82) is 0 Å². The van der Waals surface area contributed by atoms with Crippen LogP contribution in [0.1, 0.15) is 43.5 Å². The first kappa shape index (κ1) is 20.2. The first-order valence-corrected chi connectivity index (χ1v) is 9.07. The van der Waals surface area contributed by atoms with Crippen LogP contribution in [-0.2, 0) is 16.6 Å². The van der Waals surface area contributed by atoms with E-state index in [2.05, 4.69) is 15.4 Å². The van der Waals surface area contributed by atoms with Crippen molar-refractivity contribution in [3.8, 4) is 5.75 Å². The number of hydrogen-bond acceptors (Lipinski definition) is 3. The predicted octanol–water partition coefficient (Wildman–Crippen LogP) is 4.55. The molecule has 2 aromatic rings. The van der Waals surface area contributed by atoms with E-state index in [4.69, 9.17) is 0 Å². The van der Waals surface area contributed by atoms with E-state index in [1.807, 2.05) is 20.8 Å². The minimum absolute atomic E-state index is 0.0645. The predicted molar refractivity (Wildman–Crippen MR) is 101 cm³/mol. The van der Waals surface area contributed by atoms with Gasteiger partial charge in [0.05, 0.1) is 0 Å². The Morgan fingerprint density at radius 3 is 2.61 bits per heavy atom. The van der Waals surface area contributed by atoms with Gasteiger partial charge in [0, 0.05) is 12.2 Å². The maximum Gasteiger partial charge on any atom is 0.387 e. The number of benzene rings is 2. The molecule has 1 aliphatic heterocycles. The summed E-state index contributed by atoms with van der Waals surface area (Å²) in [5, 5.41) is 5.84. The number of hydrogen-bond donors (Lipinski definition) is 2. The van der Waals surface area contributed by atoms with Gasteiger partial charge in [0.25, 0.3) is 0 Å². The fraction of sp³-hybridized carbons (Fsp3) is 0.381. The fourth-order valence-electron chi connectivity index (χ4n) is 3.37. The second-order valence-electron chi connectivity index (χ2n) is 7.81. The van der Waals surface area contributed by atoms with Crippen LogP contribution in [0.2, 0.25) is 0 Å². The number of fused-ring (bicyclic) bond motifs is 1. The van der Waals surface area contributed by atoms with E-state index in [-0.39, 0.29) is 22.9 Å². The van der Waals surface area contributed by atoms with Crippen LogP contribution in [-0.4, -0.2) is 19.1 Å². The van der Waals surface area contributed by atoms with E-state index in [9.17, 15) is 18.0 Å². The quantitative estimate of drug-likeness (QED) is 0.803. The van der Waals surface area contributed by atoms with Gasteiger partial charge in [-0.1, -0.05) is 32.9 Å². The van der Waals surface area contributed by atoms with Crippen LogP contribution >= 0.6 is 0 Å². The van der Waals surface area contributed by atoms with Gasteiger partial charge in [-0.15, -0.1) is 0 Å². The second kappa shape index (κ2) is 7.83. The van der Waals surface area contributed by atoms with E-state index in [0.717, 1.165) is 5.56 Å². The van der Waals surface area contributed by atoms with Gasteiger partial charge in [-0.2, -0.15) is 8.78 Å². The highest BCUT2D eigenvalue weighted by molar-refractivity contribution is 5.96. The summed E-state index contributed by atoms with van der Waals surface area (Å²) >= 11 is 0. The third-order valence-electron chi connectivity index (χ3n) is 4.70. The molecule has 0 saturated carbocycles. The van der Waals surface area contributed by atoms with Gasteiger partial charge in [0.2, 0.25) is 5.91 Å². The van der Waals surface area contributed by atoms with E-state index in [1.165, 1.54) is 18.2 Å². The molecular weight excluding hydrogens is 369 g/mol. The Kier molecular flexibility index (Phi) is 5.65. The second-order valence-corrected chi connectivity index (χ2v) is 7.81. The Hall–Kier alpha value is -2.54. The molecule has 1 amide bonds. The maximum atomic E-state index is 14.4. The smallest absolute Gasteiger partial charge is 0.387 e. The molecule has 0 unspecified atom stereocenters. The van der Waals surface area contributed by atoms with E-state index >= 15 is 0 Å². The molecule has 150 valence electrons. The minimum atomic E-state index is -2.90. The number of nitrogens with one attached hydrogen (secondary N) is 2. The molecule has 0 radical (unpaired) electrons. The van der Waals surface area contributed by atoms with Gasteiger partial charge >= 0.3 is 6.61 Å². The van der Waals surface area contributed by atoms with Crippen molar-refractivity contribution in [2.75, 3.05) is 11.9 Å². The average Bonchev–Trinajstić information content (AvgIpc) is 2.59. The summed E-state index contributed by atoms with van der Waals surface area (Å²) in [5.74, 6) is -0.655. The van der Waals surface area contributed by atoms with Gasteiger partial charge in [-0.05, 0) is 52.8 Å². The number of halogens is 3. The van der Waals surface area contributed by atoms with E-state index in [1.54, 1.807) is 18.2 Å². The molecule has 28 heavy (non-hydrogen) atoms. The molecule has 1 heterocycles.